The molecular formula is C36H40ClN3O5S. The Morgan fingerprint density at radius 2 is 1.50 bits per heavy atom. The summed E-state index contributed by atoms with van der Waals surface area (Å²) in [5, 5.41) is 3.42. The first kappa shape index (κ1) is 34.5. The molecule has 0 heterocycles. The number of sulfonamides is 1. The van der Waals surface area contributed by atoms with Gasteiger partial charge in [-0.25, -0.2) is 8.42 Å². The van der Waals surface area contributed by atoms with Crippen LogP contribution in [0.2, 0.25) is 5.02 Å². The number of anilines is 1. The molecule has 0 radical (unpaired) electrons. The number of aryl methyl sites for hydroxylation is 1. The minimum atomic E-state index is -4.23. The quantitative estimate of drug-likeness (QED) is 0.189. The maximum Gasteiger partial charge on any atom is 0.264 e. The molecule has 10 heteroatoms. The minimum absolute atomic E-state index is 0.0152. The molecule has 0 aromatic heterocycles. The molecule has 0 aliphatic heterocycles. The van der Waals surface area contributed by atoms with Gasteiger partial charge in [-0.15, -0.1) is 0 Å². The van der Waals surface area contributed by atoms with Crippen molar-refractivity contribution in [2.45, 2.75) is 57.1 Å². The van der Waals surface area contributed by atoms with Crippen LogP contribution in [0.15, 0.2) is 108 Å². The number of methoxy groups -OCH3 is 1. The monoisotopic (exact) mass is 661 g/mol. The fraction of sp³-hybridized carbons (Fsp3) is 0.278. The van der Waals surface area contributed by atoms with Gasteiger partial charge in [-0.05, 0) is 86.8 Å². The van der Waals surface area contributed by atoms with Crippen molar-refractivity contribution < 1.29 is 22.7 Å². The molecule has 2 amide bonds. The number of para-hydroxylation sites is 1. The smallest absolute Gasteiger partial charge is 0.264 e. The molecular weight excluding hydrogens is 622 g/mol. The molecule has 8 nitrogen and oxygen atoms in total. The van der Waals surface area contributed by atoms with Gasteiger partial charge in [0, 0.05) is 23.5 Å². The second kappa shape index (κ2) is 14.8. The Balaban J connectivity index is 1.84. The average Bonchev–Trinajstić information content (AvgIpc) is 3.01. The molecule has 0 aliphatic rings. The summed E-state index contributed by atoms with van der Waals surface area (Å²) in [7, 11) is -2.68. The Bertz CT molecular complexity index is 1760. The normalized spacial score (nSPS) is 12.2. The summed E-state index contributed by atoms with van der Waals surface area (Å²) in [4.78, 5) is 30.1. The fourth-order valence-electron chi connectivity index (χ4n) is 5.06. The number of hydrogen-bond acceptors (Lipinski definition) is 5. The van der Waals surface area contributed by atoms with Gasteiger partial charge in [-0.1, -0.05) is 72.3 Å². The summed E-state index contributed by atoms with van der Waals surface area (Å²) in [6, 6.07) is 28.5. The molecule has 1 unspecified atom stereocenters. The van der Waals surface area contributed by atoms with E-state index in [4.69, 9.17) is 16.3 Å². The average molecular weight is 662 g/mol. The van der Waals surface area contributed by atoms with Gasteiger partial charge < -0.3 is 15.0 Å². The predicted octanol–water partition coefficient (Wildman–Crippen LogP) is 6.41. The zero-order valence-corrected chi connectivity index (χ0v) is 28.3. The van der Waals surface area contributed by atoms with Crippen LogP contribution in [0.5, 0.6) is 5.75 Å². The first-order valence-electron chi connectivity index (χ1n) is 14.9. The molecule has 0 spiro atoms. The second-order valence-electron chi connectivity index (χ2n) is 12.1. The zero-order chi connectivity index (χ0) is 33.5. The lowest BCUT2D eigenvalue weighted by atomic mass is 10.0. The Hall–Kier alpha value is -4.34. The van der Waals surface area contributed by atoms with Gasteiger partial charge in [0.25, 0.3) is 10.0 Å². The number of carbonyl (C=O) groups excluding carboxylic acids is 2. The van der Waals surface area contributed by atoms with Crippen molar-refractivity contribution in [3.05, 3.63) is 125 Å². The lowest BCUT2D eigenvalue weighted by molar-refractivity contribution is -0.140. The summed E-state index contributed by atoms with van der Waals surface area (Å²) in [5.41, 5.74) is 2.01. The van der Waals surface area contributed by atoms with Gasteiger partial charge >= 0.3 is 0 Å². The fourth-order valence-corrected chi connectivity index (χ4v) is 6.67. The Morgan fingerprint density at radius 1 is 0.870 bits per heavy atom. The first-order chi connectivity index (χ1) is 21.8. The molecule has 4 rings (SSSR count). The lowest BCUT2D eigenvalue weighted by Gasteiger charge is -2.35. The summed E-state index contributed by atoms with van der Waals surface area (Å²) in [6.07, 6.45) is 0.215. The molecule has 4 aromatic carbocycles. The topological polar surface area (TPSA) is 96.0 Å². The van der Waals surface area contributed by atoms with E-state index in [1.165, 1.54) is 29.2 Å². The van der Waals surface area contributed by atoms with Gasteiger partial charge in [0.15, 0.2) is 0 Å². The molecule has 0 saturated heterocycles. The molecule has 1 atom stereocenters. The van der Waals surface area contributed by atoms with Crippen LogP contribution >= 0.6 is 11.6 Å². The lowest BCUT2D eigenvalue weighted by Crippen LogP contribution is -2.56. The van der Waals surface area contributed by atoms with Crippen LogP contribution in [0, 0.1) is 6.92 Å². The summed E-state index contributed by atoms with van der Waals surface area (Å²) >= 11 is 6.07. The highest BCUT2D eigenvalue weighted by atomic mass is 35.5. The molecule has 0 fully saturated rings. The van der Waals surface area contributed by atoms with Crippen molar-refractivity contribution in [2.75, 3.05) is 18.0 Å². The van der Waals surface area contributed by atoms with E-state index < -0.39 is 34.1 Å². The SMILES string of the molecule is COc1cccc(CN(C(=O)CN(c2ccccc2C)S(=O)(=O)c2ccc(Cl)cc2)C(Cc2ccccc2)C(=O)NC(C)(C)C)c1. The molecule has 0 aliphatic carbocycles. The molecule has 0 bridgehead atoms. The summed E-state index contributed by atoms with van der Waals surface area (Å²) in [6.45, 7) is 6.89. The van der Waals surface area contributed by atoms with Gasteiger partial charge in [0.1, 0.15) is 18.3 Å². The third-order valence-corrected chi connectivity index (χ3v) is 9.35. The van der Waals surface area contributed by atoms with Crippen molar-refractivity contribution in [1.29, 1.82) is 0 Å². The summed E-state index contributed by atoms with van der Waals surface area (Å²) < 4.78 is 34.9. The molecule has 0 saturated carbocycles. The maximum absolute atomic E-state index is 14.6. The first-order valence-corrected chi connectivity index (χ1v) is 16.7. The highest BCUT2D eigenvalue weighted by Crippen LogP contribution is 2.28. The van der Waals surface area contributed by atoms with Crippen LogP contribution in [0.4, 0.5) is 5.69 Å². The van der Waals surface area contributed by atoms with Crippen molar-refractivity contribution in [1.82, 2.24) is 10.2 Å². The van der Waals surface area contributed by atoms with Crippen molar-refractivity contribution >= 4 is 39.1 Å². The number of nitrogens with zero attached hydrogens (tertiary/aromatic N) is 2. The van der Waals surface area contributed by atoms with Crippen molar-refractivity contribution in [3.8, 4) is 5.75 Å². The Morgan fingerprint density at radius 3 is 2.13 bits per heavy atom. The molecule has 4 aromatic rings. The standard InChI is InChI=1S/C36H40ClN3O5S/c1-26-12-9-10-17-32(26)40(46(43,44)31-20-18-29(37)19-21-31)25-34(41)39(24-28-15-11-16-30(22-28)45-5)33(35(42)38-36(2,3)4)23-27-13-7-6-8-14-27/h6-22,33H,23-25H2,1-5H3,(H,38,42). The predicted molar refractivity (Wildman–Crippen MR) is 183 cm³/mol. The van der Waals surface area contributed by atoms with E-state index in [1.807, 2.05) is 63.2 Å². The third-order valence-electron chi connectivity index (χ3n) is 7.32. The number of nitrogens with one attached hydrogen (secondary N) is 1. The number of halogens is 1. The van der Waals surface area contributed by atoms with E-state index in [1.54, 1.807) is 50.4 Å². The number of amides is 2. The van der Waals surface area contributed by atoms with E-state index in [-0.39, 0.29) is 23.8 Å². The van der Waals surface area contributed by atoms with E-state index in [9.17, 15) is 18.0 Å². The van der Waals surface area contributed by atoms with Crippen LogP contribution in [0.1, 0.15) is 37.5 Å². The van der Waals surface area contributed by atoms with E-state index in [0.717, 1.165) is 15.4 Å². The highest BCUT2D eigenvalue weighted by molar-refractivity contribution is 7.92. The largest absolute Gasteiger partial charge is 0.497 e. The minimum Gasteiger partial charge on any atom is -0.497 e. The summed E-state index contributed by atoms with van der Waals surface area (Å²) in [5.74, 6) is -0.306. The van der Waals surface area contributed by atoms with Crippen LogP contribution in [-0.2, 0) is 32.6 Å². The Kier molecular flexibility index (Phi) is 11.1. The van der Waals surface area contributed by atoms with Crippen LogP contribution in [0.25, 0.3) is 0 Å². The second-order valence-corrected chi connectivity index (χ2v) is 14.4. The van der Waals surface area contributed by atoms with Crippen LogP contribution < -0.4 is 14.4 Å². The third kappa shape index (κ3) is 8.89. The van der Waals surface area contributed by atoms with Crippen LogP contribution in [-0.4, -0.2) is 50.4 Å². The number of hydrogen-bond donors (Lipinski definition) is 1. The van der Waals surface area contributed by atoms with Crippen molar-refractivity contribution in [2.24, 2.45) is 0 Å². The highest BCUT2D eigenvalue weighted by Gasteiger charge is 2.36. The molecule has 46 heavy (non-hydrogen) atoms. The number of carbonyl (C=O) groups is 2. The van der Waals surface area contributed by atoms with E-state index >= 15 is 0 Å². The van der Waals surface area contributed by atoms with Crippen LogP contribution in [0.3, 0.4) is 0 Å². The van der Waals surface area contributed by atoms with Gasteiger partial charge in [0.2, 0.25) is 11.8 Å². The van der Waals surface area contributed by atoms with E-state index in [0.29, 0.717) is 22.0 Å². The molecule has 242 valence electrons. The zero-order valence-electron chi connectivity index (χ0n) is 26.7. The van der Waals surface area contributed by atoms with Gasteiger partial charge in [-0.3, -0.25) is 13.9 Å². The van der Waals surface area contributed by atoms with Gasteiger partial charge in [0.05, 0.1) is 17.7 Å². The molecule has 1 N–H and O–H groups in total. The van der Waals surface area contributed by atoms with E-state index in [2.05, 4.69) is 5.32 Å². The number of rotatable bonds is 12. The number of benzene rings is 4. The van der Waals surface area contributed by atoms with Crippen molar-refractivity contribution in [3.63, 3.8) is 0 Å². The Labute approximate surface area is 277 Å². The maximum atomic E-state index is 14.6. The van der Waals surface area contributed by atoms with Gasteiger partial charge in [-0.2, -0.15) is 0 Å². The number of ether oxygens (including phenoxy) is 1.